The molecule has 1 saturated heterocycles. The molecule has 0 amide bonds. The zero-order chi connectivity index (χ0) is 12.3. The van der Waals surface area contributed by atoms with Crippen molar-refractivity contribution >= 4 is 5.69 Å². The van der Waals surface area contributed by atoms with Gasteiger partial charge in [0, 0.05) is 12.1 Å². The smallest absolute Gasteiger partial charge is 0.269 e. The summed E-state index contributed by atoms with van der Waals surface area (Å²) in [4.78, 5) is 12.5. The highest BCUT2D eigenvalue weighted by atomic mass is 16.6. The fourth-order valence-electron chi connectivity index (χ4n) is 2.35. The minimum Gasteiger partial charge on any atom is -0.306 e. The van der Waals surface area contributed by atoms with Crippen LogP contribution >= 0.6 is 0 Å². The lowest BCUT2D eigenvalue weighted by molar-refractivity contribution is -0.384. The molecule has 0 N–H and O–H groups in total. The maximum atomic E-state index is 10.5. The zero-order valence-corrected chi connectivity index (χ0v) is 10.1. The highest BCUT2D eigenvalue weighted by Crippen LogP contribution is 2.22. The molecule has 2 rings (SSSR count). The second-order valence-electron chi connectivity index (χ2n) is 4.87. The quantitative estimate of drug-likeness (QED) is 0.596. The van der Waals surface area contributed by atoms with E-state index in [4.69, 9.17) is 0 Å². The Morgan fingerprint density at radius 3 is 2.41 bits per heavy atom. The average molecular weight is 234 g/mol. The number of nitro benzene ring substituents is 1. The van der Waals surface area contributed by atoms with E-state index in [-0.39, 0.29) is 10.6 Å². The molecule has 0 aliphatic carbocycles. The summed E-state index contributed by atoms with van der Waals surface area (Å²) in [7, 11) is 2.15. The number of nitro groups is 1. The lowest BCUT2D eigenvalue weighted by atomic mass is 9.90. The van der Waals surface area contributed by atoms with E-state index in [1.165, 1.54) is 18.4 Å². The Kier molecular flexibility index (Phi) is 3.74. The Bertz CT molecular complexity index is 381. The van der Waals surface area contributed by atoms with Gasteiger partial charge in [0.2, 0.25) is 0 Å². The van der Waals surface area contributed by atoms with E-state index in [1.54, 1.807) is 12.1 Å². The summed E-state index contributed by atoms with van der Waals surface area (Å²) < 4.78 is 0. The molecule has 1 aromatic carbocycles. The Morgan fingerprint density at radius 2 is 1.88 bits per heavy atom. The van der Waals surface area contributed by atoms with Crippen LogP contribution in [0.25, 0.3) is 0 Å². The summed E-state index contributed by atoms with van der Waals surface area (Å²) in [5.74, 6) is 0.729. The normalized spacial score (nSPS) is 18.2. The molecule has 1 aliphatic rings. The molecule has 17 heavy (non-hydrogen) atoms. The van der Waals surface area contributed by atoms with Crippen molar-refractivity contribution in [1.29, 1.82) is 0 Å². The molecule has 0 unspecified atom stereocenters. The van der Waals surface area contributed by atoms with Gasteiger partial charge in [0.05, 0.1) is 4.92 Å². The molecule has 0 spiro atoms. The van der Waals surface area contributed by atoms with E-state index in [0.29, 0.717) is 0 Å². The van der Waals surface area contributed by atoms with Crippen LogP contribution in [0, 0.1) is 16.0 Å². The van der Waals surface area contributed by atoms with Crippen LogP contribution < -0.4 is 0 Å². The second-order valence-corrected chi connectivity index (χ2v) is 4.87. The van der Waals surface area contributed by atoms with Gasteiger partial charge < -0.3 is 4.90 Å². The van der Waals surface area contributed by atoms with Gasteiger partial charge in [-0.25, -0.2) is 0 Å². The van der Waals surface area contributed by atoms with Crippen molar-refractivity contribution in [3.8, 4) is 0 Å². The van der Waals surface area contributed by atoms with Gasteiger partial charge >= 0.3 is 0 Å². The first-order valence-electron chi connectivity index (χ1n) is 6.07. The first-order valence-corrected chi connectivity index (χ1v) is 6.07. The molecule has 1 aliphatic heterocycles. The number of rotatable bonds is 3. The van der Waals surface area contributed by atoms with Crippen LogP contribution in [0.1, 0.15) is 18.4 Å². The van der Waals surface area contributed by atoms with Crippen LogP contribution in [-0.2, 0) is 6.42 Å². The third-order valence-corrected chi connectivity index (χ3v) is 3.51. The van der Waals surface area contributed by atoms with Gasteiger partial charge in [-0.05, 0) is 50.9 Å². The van der Waals surface area contributed by atoms with E-state index < -0.39 is 0 Å². The van der Waals surface area contributed by atoms with Crippen LogP contribution in [0.4, 0.5) is 5.69 Å². The second kappa shape index (κ2) is 5.27. The Hall–Kier alpha value is -1.42. The van der Waals surface area contributed by atoms with Gasteiger partial charge in [0.15, 0.2) is 0 Å². The average Bonchev–Trinajstić information content (AvgIpc) is 2.33. The Labute approximate surface area is 101 Å². The standard InChI is InChI=1S/C13H18N2O2/c1-14-8-6-12(7-9-14)10-11-2-4-13(5-3-11)15(16)17/h2-5,12H,6-10H2,1H3. The van der Waals surface area contributed by atoms with Crippen LogP contribution in [-0.4, -0.2) is 30.0 Å². The molecule has 92 valence electrons. The summed E-state index contributed by atoms with van der Waals surface area (Å²) in [5.41, 5.74) is 1.39. The van der Waals surface area contributed by atoms with E-state index in [1.807, 2.05) is 12.1 Å². The molecule has 0 radical (unpaired) electrons. The molecule has 0 saturated carbocycles. The first kappa shape index (κ1) is 12.0. The van der Waals surface area contributed by atoms with E-state index in [2.05, 4.69) is 11.9 Å². The van der Waals surface area contributed by atoms with Gasteiger partial charge in [-0.1, -0.05) is 12.1 Å². The van der Waals surface area contributed by atoms with E-state index >= 15 is 0 Å². The summed E-state index contributed by atoms with van der Waals surface area (Å²) in [6.45, 7) is 2.33. The molecular formula is C13H18N2O2. The molecule has 0 atom stereocenters. The number of nitrogens with zero attached hydrogens (tertiary/aromatic N) is 2. The number of non-ortho nitro benzene ring substituents is 1. The third-order valence-electron chi connectivity index (χ3n) is 3.51. The van der Waals surface area contributed by atoms with Crippen molar-refractivity contribution in [2.24, 2.45) is 5.92 Å². The summed E-state index contributed by atoms with van der Waals surface area (Å²) in [6, 6.07) is 6.97. The monoisotopic (exact) mass is 234 g/mol. The minimum atomic E-state index is -0.348. The highest BCUT2D eigenvalue weighted by molar-refractivity contribution is 5.33. The number of hydrogen-bond acceptors (Lipinski definition) is 3. The first-order chi connectivity index (χ1) is 8.15. The van der Waals surface area contributed by atoms with Crippen molar-refractivity contribution in [3.63, 3.8) is 0 Å². The zero-order valence-electron chi connectivity index (χ0n) is 10.1. The predicted molar refractivity (Wildman–Crippen MR) is 67.0 cm³/mol. The molecule has 4 nitrogen and oxygen atoms in total. The van der Waals surface area contributed by atoms with Gasteiger partial charge in [0.1, 0.15) is 0 Å². The van der Waals surface area contributed by atoms with E-state index in [9.17, 15) is 10.1 Å². The highest BCUT2D eigenvalue weighted by Gasteiger charge is 2.17. The maximum absolute atomic E-state index is 10.5. The largest absolute Gasteiger partial charge is 0.306 e. The van der Waals surface area contributed by atoms with Gasteiger partial charge in [-0.15, -0.1) is 0 Å². The fourth-order valence-corrected chi connectivity index (χ4v) is 2.35. The van der Waals surface area contributed by atoms with Gasteiger partial charge in [0.25, 0.3) is 5.69 Å². The number of benzene rings is 1. The van der Waals surface area contributed by atoms with Crippen molar-refractivity contribution in [3.05, 3.63) is 39.9 Å². The molecule has 0 bridgehead atoms. The Morgan fingerprint density at radius 1 is 1.29 bits per heavy atom. The summed E-state index contributed by atoms with van der Waals surface area (Å²) >= 11 is 0. The molecule has 1 fully saturated rings. The van der Waals surface area contributed by atoms with Gasteiger partial charge in [-0.2, -0.15) is 0 Å². The molecule has 0 aromatic heterocycles. The fraction of sp³-hybridized carbons (Fsp3) is 0.538. The molecule has 1 aromatic rings. The lowest BCUT2D eigenvalue weighted by Gasteiger charge is -2.28. The number of hydrogen-bond donors (Lipinski definition) is 0. The topological polar surface area (TPSA) is 46.4 Å². The SMILES string of the molecule is CN1CCC(Cc2ccc([N+](=O)[O-])cc2)CC1. The van der Waals surface area contributed by atoms with E-state index in [0.717, 1.165) is 25.4 Å². The number of likely N-dealkylation sites (tertiary alicyclic amines) is 1. The minimum absolute atomic E-state index is 0.178. The van der Waals surface area contributed by atoms with Crippen LogP contribution in [0.2, 0.25) is 0 Å². The third kappa shape index (κ3) is 3.27. The molecule has 4 heteroatoms. The Balaban J connectivity index is 1.92. The maximum Gasteiger partial charge on any atom is 0.269 e. The number of piperidine rings is 1. The molecular weight excluding hydrogens is 216 g/mol. The van der Waals surface area contributed by atoms with Crippen LogP contribution in [0.5, 0.6) is 0 Å². The van der Waals surface area contributed by atoms with Crippen molar-refractivity contribution < 1.29 is 4.92 Å². The van der Waals surface area contributed by atoms with Crippen molar-refractivity contribution in [2.45, 2.75) is 19.3 Å². The van der Waals surface area contributed by atoms with Crippen LogP contribution in [0.3, 0.4) is 0 Å². The van der Waals surface area contributed by atoms with Gasteiger partial charge in [-0.3, -0.25) is 10.1 Å². The van der Waals surface area contributed by atoms with Crippen molar-refractivity contribution in [1.82, 2.24) is 4.90 Å². The predicted octanol–water partition coefficient (Wildman–Crippen LogP) is 2.48. The van der Waals surface area contributed by atoms with Crippen molar-refractivity contribution in [2.75, 3.05) is 20.1 Å². The summed E-state index contributed by atoms with van der Waals surface area (Å²) in [6.07, 6.45) is 3.51. The lowest BCUT2D eigenvalue weighted by Crippen LogP contribution is -2.30. The summed E-state index contributed by atoms with van der Waals surface area (Å²) in [5, 5.41) is 10.5. The molecule has 1 heterocycles. The van der Waals surface area contributed by atoms with Crippen LogP contribution in [0.15, 0.2) is 24.3 Å².